The van der Waals surface area contributed by atoms with Gasteiger partial charge in [-0.05, 0) is 37.3 Å². The number of nitrogens with zero attached hydrogens (tertiary/aromatic N) is 6. The molecule has 2 aliphatic rings. The Balaban J connectivity index is 0.00000253. The average molecular weight is 523 g/mol. The molecule has 4 aromatic rings. The van der Waals surface area contributed by atoms with Crippen molar-refractivity contribution in [1.29, 1.82) is 0 Å². The number of piperidine rings is 1. The fourth-order valence-electron chi connectivity index (χ4n) is 5.74. The first kappa shape index (κ1) is 24.1. The second kappa shape index (κ2) is 8.25. The zero-order valence-electron chi connectivity index (χ0n) is 19.4. The maximum atomic E-state index is 14.0. The van der Waals surface area contributed by atoms with E-state index >= 15 is 0 Å². The summed E-state index contributed by atoms with van der Waals surface area (Å²) in [5.74, 6) is -1.94. The van der Waals surface area contributed by atoms with Gasteiger partial charge in [0, 0.05) is 56.2 Å². The number of halogens is 4. The Labute approximate surface area is 211 Å². The lowest BCUT2D eigenvalue weighted by Gasteiger charge is -2.42. The second-order valence-electron chi connectivity index (χ2n) is 9.76. The summed E-state index contributed by atoms with van der Waals surface area (Å²) >= 11 is 6.71. The minimum absolute atomic E-state index is 0. The molecule has 4 heterocycles. The van der Waals surface area contributed by atoms with Gasteiger partial charge in [-0.2, -0.15) is 10.2 Å². The molecule has 186 valence electrons. The number of hydrogen-bond donors (Lipinski definition) is 2. The van der Waals surface area contributed by atoms with Gasteiger partial charge in [-0.3, -0.25) is 9.78 Å². The normalized spacial score (nSPS) is 21.2. The molecule has 3 aromatic heterocycles. The molecule has 6 rings (SSSR count). The summed E-state index contributed by atoms with van der Waals surface area (Å²) < 4.78 is 29.7. The van der Waals surface area contributed by atoms with Gasteiger partial charge in [-0.25, -0.2) is 18.7 Å². The van der Waals surface area contributed by atoms with Crippen LogP contribution >= 0.6 is 24.0 Å². The molecule has 35 heavy (non-hydrogen) atoms. The van der Waals surface area contributed by atoms with Crippen LogP contribution in [0.3, 0.4) is 0 Å². The molecule has 1 aromatic carbocycles. The number of aromatic amines is 1. The van der Waals surface area contributed by atoms with Crippen LogP contribution in [0.15, 0.2) is 18.3 Å². The maximum absolute atomic E-state index is 14.0. The number of H-pyrrole nitrogens is 1. The number of aryl methyl sites for hydroxylation is 2. The third kappa shape index (κ3) is 3.82. The first-order chi connectivity index (χ1) is 16.2. The number of hydrogen-bond acceptors (Lipinski definition) is 6. The van der Waals surface area contributed by atoms with Gasteiger partial charge in [0.15, 0.2) is 5.82 Å². The number of benzene rings is 1. The average Bonchev–Trinajstić information content (AvgIpc) is 3.42. The van der Waals surface area contributed by atoms with Crippen LogP contribution in [-0.4, -0.2) is 55.0 Å². The molecule has 0 amide bonds. The maximum Gasteiger partial charge on any atom is 0.250 e. The van der Waals surface area contributed by atoms with E-state index in [4.69, 9.17) is 27.3 Å². The molecule has 1 saturated carbocycles. The second-order valence-corrected chi connectivity index (χ2v) is 10.1. The largest absolute Gasteiger partial charge is 0.355 e. The summed E-state index contributed by atoms with van der Waals surface area (Å²) in [5.41, 5.74) is 9.84. The molecular weight excluding hydrogens is 497 g/mol. The Morgan fingerprint density at radius 2 is 1.94 bits per heavy atom. The van der Waals surface area contributed by atoms with Crippen molar-refractivity contribution in [2.45, 2.75) is 44.6 Å². The predicted octanol–water partition coefficient (Wildman–Crippen LogP) is 4.63. The van der Waals surface area contributed by atoms with Gasteiger partial charge < -0.3 is 10.6 Å². The van der Waals surface area contributed by atoms with Crippen LogP contribution in [0.4, 0.5) is 14.6 Å². The van der Waals surface area contributed by atoms with Crippen molar-refractivity contribution in [1.82, 2.24) is 29.9 Å². The van der Waals surface area contributed by atoms with Gasteiger partial charge in [0.05, 0.1) is 21.9 Å². The van der Waals surface area contributed by atoms with Crippen molar-refractivity contribution in [2.24, 2.45) is 18.2 Å². The molecule has 1 spiro atoms. The zero-order chi connectivity index (χ0) is 23.8. The molecule has 1 saturated heterocycles. The minimum atomic E-state index is -2.66. The van der Waals surface area contributed by atoms with Crippen LogP contribution in [0.1, 0.15) is 31.4 Å². The fourth-order valence-corrected chi connectivity index (χ4v) is 6.04. The van der Waals surface area contributed by atoms with Crippen LogP contribution in [0, 0.1) is 12.3 Å². The smallest absolute Gasteiger partial charge is 0.250 e. The van der Waals surface area contributed by atoms with Crippen molar-refractivity contribution in [2.75, 3.05) is 18.0 Å². The summed E-state index contributed by atoms with van der Waals surface area (Å²) in [6, 6.07) is 3.36. The molecule has 2 fully saturated rings. The topological polar surface area (TPSA) is 102 Å². The van der Waals surface area contributed by atoms with Crippen LogP contribution < -0.4 is 10.6 Å². The number of alkyl halides is 2. The highest BCUT2D eigenvalue weighted by Gasteiger charge is 2.55. The molecule has 0 unspecified atom stereocenters. The van der Waals surface area contributed by atoms with Crippen LogP contribution in [0.25, 0.3) is 33.3 Å². The van der Waals surface area contributed by atoms with E-state index in [1.165, 1.54) is 0 Å². The highest BCUT2D eigenvalue weighted by atomic mass is 35.5. The Bertz CT molecular complexity index is 1420. The third-order valence-electron chi connectivity index (χ3n) is 7.52. The van der Waals surface area contributed by atoms with E-state index in [1.807, 2.05) is 32.3 Å². The first-order valence-corrected chi connectivity index (χ1v) is 11.8. The fraction of sp³-hybridized carbons (Fsp3) is 0.478. The lowest BCUT2D eigenvalue weighted by atomic mass is 9.74. The lowest BCUT2D eigenvalue weighted by Crippen LogP contribution is -2.47. The third-order valence-corrected chi connectivity index (χ3v) is 7.93. The zero-order valence-corrected chi connectivity index (χ0v) is 20.9. The van der Waals surface area contributed by atoms with Crippen molar-refractivity contribution in [3.8, 4) is 11.3 Å². The molecule has 1 aliphatic carbocycles. The summed E-state index contributed by atoms with van der Waals surface area (Å²) in [5, 5.41) is 13.3. The summed E-state index contributed by atoms with van der Waals surface area (Å²) in [6.07, 6.45) is 2.78. The highest BCUT2D eigenvalue weighted by molar-refractivity contribution is 6.38. The Kier molecular flexibility index (Phi) is 5.69. The van der Waals surface area contributed by atoms with Crippen molar-refractivity contribution in [3.63, 3.8) is 0 Å². The number of anilines is 1. The molecule has 1 atom stereocenters. The molecular formula is C23H26Cl2F2N8. The Morgan fingerprint density at radius 3 is 2.63 bits per heavy atom. The van der Waals surface area contributed by atoms with Crippen LogP contribution in [0.5, 0.6) is 0 Å². The van der Waals surface area contributed by atoms with Gasteiger partial charge in [-0.15, -0.1) is 12.4 Å². The van der Waals surface area contributed by atoms with E-state index in [0.717, 1.165) is 28.0 Å². The molecule has 0 bridgehead atoms. The van der Waals surface area contributed by atoms with Gasteiger partial charge in [-0.1, -0.05) is 11.6 Å². The molecule has 12 heteroatoms. The number of nitrogens with two attached hydrogens (primary N) is 1. The number of rotatable bonds is 2. The van der Waals surface area contributed by atoms with Gasteiger partial charge in [0.25, 0.3) is 0 Å². The van der Waals surface area contributed by atoms with E-state index in [-0.39, 0.29) is 25.2 Å². The highest BCUT2D eigenvalue weighted by Crippen LogP contribution is 2.52. The molecule has 1 aliphatic heterocycles. The molecule has 3 N–H and O–H groups in total. The van der Waals surface area contributed by atoms with E-state index in [9.17, 15) is 8.78 Å². The van der Waals surface area contributed by atoms with Crippen molar-refractivity contribution in [3.05, 3.63) is 29.0 Å². The summed E-state index contributed by atoms with van der Waals surface area (Å²) in [6.45, 7) is 3.14. The van der Waals surface area contributed by atoms with E-state index in [0.29, 0.717) is 47.8 Å². The predicted molar refractivity (Wildman–Crippen MR) is 134 cm³/mol. The summed E-state index contributed by atoms with van der Waals surface area (Å²) in [7, 11) is 1.85. The standard InChI is InChI=1S/C23H25ClF2N8.ClH/c1-12-21(34-7-5-22(6-8-34)11-23(25,26)9-16(22)27)29-20-19(28-12)18(30-31-20)13-3-4-15-14(17(13)24)10-33(2)32-15;/h3-4,10,16H,5-9,11,27H2,1-2H3,(H,29,30,31);1H/t16-;/m1./s1. The van der Waals surface area contributed by atoms with Crippen molar-refractivity contribution >= 4 is 51.9 Å². The van der Waals surface area contributed by atoms with Crippen molar-refractivity contribution < 1.29 is 8.78 Å². The Morgan fingerprint density at radius 1 is 1.20 bits per heavy atom. The Hall–Kier alpha value is -2.56. The SMILES string of the molecule is Cc1nc2c(-c3ccc4nn(C)cc4c3Cl)[nH]nc2nc1N1CCC2(CC1)CC(F)(F)C[C@H]2N.Cl. The van der Waals surface area contributed by atoms with Gasteiger partial charge >= 0.3 is 0 Å². The number of aromatic nitrogens is 6. The molecule has 8 nitrogen and oxygen atoms in total. The van der Waals surface area contributed by atoms with Gasteiger partial charge in [0.1, 0.15) is 5.52 Å². The minimum Gasteiger partial charge on any atom is -0.355 e. The monoisotopic (exact) mass is 522 g/mol. The van der Waals surface area contributed by atoms with E-state index in [2.05, 4.69) is 20.2 Å². The first-order valence-electron chi connectivity index (χ1n) is 11.4. The van der Waals surface area contributed by atoms with Crippen LogP contribution in [-0.2, 0) is 7.05 Å². The lowest BCUT2D eigenvalue weighted by molar-refractivity contribution is -0.00684. The van der Waals surface area contributed by atoms with E-state index in [1.54, 1.807) is 4.68 Å². The van der Waals surface area contributed by atoms with Crippen LogP contribution in [0.2, 0.25) is 5.02 Å². The van der Waals surface area contributed by atoms with Gasteiger partial charge in [0.2, 0.25) is 11.6 Å². The summed E-state index contributed by atoms with van der Waals surface area (Å²) in [4.78, 5) is 11.7. The number of nitrogens with one attached hydrogen (secondary N) is 1. The van der Waals surface area contributed by atoms with E-state index < -0.39 is 17.4 Å². The number of fused-ring (bicyclic) bond motifs is 2. The molecule has 0 radical (unpaired) electrons. The quantitative estimate of drug-likeness (QED) is 0.397.